The van der Waals surface area contributed by atoms with E-state index in [9.17, 15) is 0 Å². The van der Waals surface area contributed by atoms with Gasteiger partial charge in [0.05, 0.1) is 16.4 Å². The second kappa shape index (κ2) is 5.59. The van der Waals surface area contributed by atoms with Crippen molar-refractivity contribution in [2.75, 3.05) is 41.7 Å². The number of benzene rings is 1. The normalized spacial score (nSPS) is 15.4. The minimum atomic E-state index is 0.620. The van der Waals surface area contributed by atoms with Gasteiger partial charge in [-0.05, 0) is 24.3 Å². The van der Waals surface area contributed by atoms with Crippen molar-refractivity contribution >= 4 is 28.8 Å². The number of halogens is 1. The number of pyridine rings is 1. The first-order valence-corrected chi connectivity index (χ1v) is 7.08. The topological polar surface area (TPSA) is 45.4 Å². The van der Waals surface area contributed by atoms with E-state index < -0.39 is 0 Å². The molecule has 0 amide bonds. The first-order valence-electron chi connectivity index (χ1n) is 6.70. The third-order valence-corrected chi connectivity index (χ3v) is 3.95. The fourth-order valence-corrected chi connectivity index (χ4v) is 2.69. The molecule has 0 bridgehead atoms. The Kier molecular flexibility index (Phi) is 3.65. The summed E-state index contributed by atoms with van der Waals surface area (Å²) in [6.07, 6.45) is 1.83. The van der Waals surface area contributed by atoms with Crippen molar-refractivity contribution in [2.24, 2.45) is 0 Å². The summed E-state index contributed by atoms with van der Waals surface area (Å²) in [5.74, 6) is 1.03. The largest absolute Gasteiger partial charge is 0.396 e. The molecule has 1 saturated heterocycles. The highest BCUT2D eigenvalue weighted by molar-refractivity contribution is 6.33. The van der Waals surface area contributed by atoms with Crippen LogP contribution in [0.25, 0.3) is 0 Å². The van der Waals surface area contributed by atoms with Crippen molar-refractivity contribution in [1.82, 2.24) is 4.98 Å². The van der Waals surface area contributed by atoms with Gasteiger partial charge in [-0.25, -0.2) is 4.98 Å². The molecule has 0 aliphatic carbocycles. The van der Waals surface area contributed by atoms with Crippen LogP contribution in [0.3, 0.4) is 0 Å². The number of piperazine rings is 1. The van der Waals surface area contributed by atoms with E-state index >= 15 is 0 Å². The summed E-state index contributed by atoms with van der Waals surface area (Å²) in [5, 5.41) is 0.620. The van der Waals surface area contributed by atoms with Crippen LogP contribution < -0.4 is 15.5 Å². The molecule has 1 fully saturated rings. The number of rotatable bonds is 2. The molecule has 1 aromatic heterocycles. The smallest absolute Gasteiger partial charge is 0.128 e. The quantitative estimate of drug-likeness (QED) is 0.863. The number of hydrogen-bond acceptors (Lipinski definition) is 4. The van der Waals surface area contributed by atoms with Crippen LogP contribution in [0.2, 0.25) is 5.02 Å². The molecule has 104 valence electrons. The SMILES string of the molecule is Nc1c(Cl)cccc1N1CCN(c2ccccn2)CC1. The molecular formula is C15H17ClN4. The number of aromatic nitrogens is 1. The molecule has 0 saturated carbocycles. The van der Waals surface area contributed by atoms with Gasteiger partial charge in [-0.2, -0.15) is 0 Å². The number of anilines is 3. The summed E-state index contributed by atoms with van der Waals surface area (Å²) in [5.41, 5.74) is 7.75. The van der Waals surface area contributed by atoms with Crippen molar-refractivity contribution in [3.8, 4) is 0 Å². The van der Waals surface area contributed by atoms with Gasteiger partial charge in [-0.1, -0.05) is 23.7 Å². The molecule has 1 aliphatic rings. The van der Waals surface area contributed by atoms with Crippen LogP contribution in [0, 0.1) is 0 Å². The van der Waals surface area contributed by atoms with E-state index in [4.69, 9.17) is 17.3 Å². The van der Waals surface area contributed by atoms with Gasteiger partial charge in [0.25, 0.3) is 0 Å². The minimum absolute atomic E-state index is 0.620. The fourth-order valence-electron chi connectivity index (χ4n) is 2.52. The number of para-hydroxylation sites is 1. The summed E-state index contributed by atoms with van der Waals surface area (Å²) in [4.78, 5) is 8.96. The maximum Gasteiger partial charge on any atom is 0.128 e. The highest BCUT2D eigenvalue weighted by Crippen LogP contribution is 2.30. The van der Waals surface area contributed by atoms with E-state index in [1.807, 2.05) is 42.6 Å². The predicted octanol–water partition coefficient (Wildman–Crippen LogP) is 2.64. The third-order valence-electron chi connectivity index (χ3n) is 3.62. The van der Waals surface area contributed by atoms with Crippen LogP contribution in [0.5, 0.6) is 0 Å². The van der Waals surface area contributed by atoms with Crippen LogP contribution in [-0.2, 0) is 0 Å². The van der Waals surface area contributed by atoms with Crippen molar-refractivity contribution in [3.63, 3.8) is 0 Å². The summed E-state index contributed by atoms with van der Waals surface area (Å²) >= 11 is 6.09. The van der Waals surface area contributed by atoms with Gasteiger partial charge in [0, 0.05) is 32.4 Å². The second-order valence-corrected chi connectivity index (χ2v) is 5.24. The zero-order valence-electron chi connectivity index (χ0n) is 11.2. The van der Waals surface area contributed by atoms with E-state index in [2.05, 4.69) is 14.8 Å². The zero-order valence-corrected chi connectivity index (χ0v) is 11.9. The van der Waals surface area contributed by atoms with Crippen LogP contribution in [0.15, 0.2) is 42.6 Å². The minimum Gasteiger partial charge on any atom is -0.396 e. The molecule has 0 radical (unpaired) electrons. The zero-order chi connectivity index (χ0) is 13.9. The lowest BCUT2D eigenvalue weighted by Gasteiger charge is -2.37. The van der Waals surface area contributed by atoms with Gasteiger partial charge in [-0.15, -0.1) is 0 Å². The van der Waals surface area contributed by atoms with Crippen molar-refractivity contribution in [2.45, 2.75) is 0 Å². The number of hydrogen-bond donors (Lipinski definition) is 1. The number of nitrogens with zero attached hydrogens (tertiary/aromatic N) is 3. The standard InChI is InChI=1S/C15H17ClN4/c16-12-4-3-5-13(15(12)17)19-8-10-20(11-9-19)14-6-1-2-7-18-14/h1-7H,8-11,17H2. The van der Waals surface area contributed by atoms with Gasteiger partial charge in [0.2, 0.25) is 0 Å². The van der Waals surface area contributed by atoms with Gasteiger partial charge < -0.3 is 15.5 Å². The molecule has 0 unspecified atom stereocenters. The van der Waals surface area contributed by atoms with Gasteiger partial charge in [0.15, 0.2) is 0 Å². The Hall–Kier alpha value is -1.94. The Morgan fingerprint density at radius 2 is 1.70 bits per heavy atom. The molecule has 3 rings (SSSR count). The average Bonchev–Trinajstić information content (AvgIpc) is 2.51. The van der Waals surface area contributed by atoms with Gasteiger partial charge in [-0.3, -0.25) is 0 Å². The molecule has 0 spiro atoms. The Labute approximate surface area is 123 Å². The van der Waals surface area contributed by atoms with Crippen molar-refractivity contribution in [1.29, 1.82) is 0 Å². The molecule has 1 aliphatic heterocycles. The summed E-state index contributed by atoms with van der Waals surface area (Å²) < 4.78 is 0. The Bertz CT molecular complexity index is 580. The fraction of sp³-hybridized carbons (Fsp3) is 0.267. The summed E-state index contributed by atoms with van der Waals surface area (Å²) in [6, 6.07) is 11.8. The second-order valence-electron chi connectivity index (χ2n) is 4.83. The Balaban J connectivity index is 1.71. The first-order chi connectivity index (χ1) is 9.75. The Morgan fingerprint density at radius 1 is 0.950 bits per heavy atom. The van der Waals surface area contributed by atoms with E-state index in [0.717, 1.165) is 37.7 Å². The van der Waals surface area contributed by atoms with Crippen LogP contribution >= 0.6 is 11.6 Å². The van der Waals surface area contributed by atoms with Crippen LogP contribution in [-0.4, -0.2) is 31.2 Å². The lowest BCUT2D eigenvalue weighted by atomic mass is 10.2. The highest BCUT2D eigenvalue weighted by Gasteiger charge is 2.19. The van der Waals surface area contributed by atoms with Crippen LogP contribution in [0.1, 0.15) is 0 Å². The number of nitrogen functional groups attached to an aromatic ring is 1. The van der Waals surface area contributed by atoms with Gasteiger partial charge in [0.1, 0.15) is 5.82 Å². The molecule has 20 heavy (non-hydrogen) atoms. The molecule has 2 N–H and O–H groups in total. The van der Waals surface area contributed by atoms with Gasteiger partial charge >= 0.3 is 0 Å². The van der Waals surface area contributed by atoms with E-state index in [-0.39, 0.29) is 0 Å². The maximum atomic E-state index is 6.09. The third kappa shape index (κ3) is 2.51. The lowest BCUT2D eigenvalue weighted by molar-refractivity contribution is 0.648. The number of nitrogens with two attached hydrogens (primary N) is 1. The summed E-state index contributed by atoms with van der Waals surface area (Å²) in [6.45, 7) is 3.70. The lowest BCUT2D eigenvalue weighted by Crippen LogP contribution is -2.47. The maximum absolute atomic E-state index is 6.09. The predicted molar refractivity (Wildman–Crippen MR) is 84.5 cm³/mol. The van der Waals surface area contributed by atoms with Crippen LogP contribution in [0.4, 0.5) is 17.2 Å². The molecule has 5 heteroatoms. The average molecular weight is 289 g/mol. The Morgan fingerprint density at radius 3 is 2.40 bits per heavy atom. The highest BCUT2D eigenvalue weighted by atomic mass is 35.5. The van der Waals surface area contributed by atoms with E-state index in [0.29, 0.717) is 10.7 Å². The molecule has 2 aromatic rings. The molecule has 4 nitrogen and oxygen atoms in total. The van der Waals surface area contributed by atoms with Crippen molar-refractivity contribution < 1.29 is 0 Å². The molecule has 1 aromatic carbocycles. The molecular weight excluding hydrogens is 272 g/mol. The monoisotopic (exact) mass is 288 g/mol. The van der Waals surface area contributed by atoms with E-state index in [1.54, 1.807) is 0 Å². The first kappa shape index (κ1) is 13.1. The van der Waals surface area contributed by atoms with Crippen molar-refractivity contribution in [3.05, 3.63) is 47.6 Å². The molecule has 2 heterocycles. The van der Waals surface area contributed by atoms with E-state index in [1.165, 1.54) is 0 Å². The summed E-state index contributed by atoms with van der Waals surface area (Å²) in [7, 11) is 0. The molecule has 0 atom stereocenters.